The maximum absolute atomic E-state index is 12.8. The van der Waals surface area contributed by atoms with Crippen molar-refractivity contribution in [3.05, 3.63) is 54.2 Å². The molecule has 4 rings (SSSR count). The molecule has 36 heavy (non-hydrogen) atoms. The van der Waals surface area contributed by atoms with E-state index in [-0.39, 0.29) is 24.7 Å². The Hall–Kier alpha value is -4.94. The van der Waals surface area contributed by atoms with Gasteiger partial charge in [0.05, 0.1) is 24.4 Å². The average Bonchev–Trinajstić information content (AvgIpc) is 3.56. The van der Waals surface area contributed by atoms with Crippen LogP contribution in [0.1, 0.15) is 18.2 Å². The average molecular weight is 492 g/mol. The first-order valence-corrected chi connectivity index (χ1v) is 10.9. The van der Waals surface area contributed by atoms with E-state index in [9.17, 15) is 19.5 Å². The van der Waals surface area contributed by atoms with Gasteiger partial charge in [-0.3, -0.25) is 9.59 Å². The smallest absolute Gasteiger partial charge is 0.326 e. The van der Waals surface area contributed by atoms with Crippen LogP contribution in [-0.4, -0.2) is 66.8 Å². The van der Waals surface area contributed by atoms with Crippen LogP contribution in [0.4, 0.5) is 5.82 Å². The van der Waals surface area contributed by atoms with Crippen LogP contribution in [0, 0.1) is 0 Å². The minimum Gasteiger partial charge on any atom is -0.480 e. The van der Waals surface area contributed by atoms with Gasteiger partial charge in [0.15, 0.2) is 5.82 Å². The first-order valence-electron chi connectivity index (χ1n) is 10.9. The highest BCUT2D eigenvalue weighted by molar-refractivity contribution is 5.92. The van der Waals surface area contributed by atoms with E-state index in [1.807, 2.05) is 24.3 Å². The zero-order valence-electron chi connectivity index (χ0n) is 19.5. The molecule has 3 aromatic heterocycles. The van der Waals surface area contributed by atoms with E-state index >= 15 is 0 Å². The number of nitrogens with one attached hydrogen (secondary N) is 4. The number of nitrogens with zero attached hydrogens (tertiary/aromatic N) is 4. The predicted octanol–water partition coefficient (Wildman–Crippen LogP) is 1.51. The number of H-pyrrole nitrogens is 2. The summed E-state index contributed by atoms with van der Waals surface area (Å²) in [6.45, 7) is 1.04. The zero-order valence-corrected chi connectivity index (χ0v) is 19.5. The maximum atomic E-state index is 12.8. The van der Waals surface area contributed by atoms with Gasteiger partial charge in [-0.2, -0.15) is 0 Å². The molecule has 0 unspecified atom stereocenters. The number of carbonyl (C=O) groups excluding carboxylic acids is 2. The quantitative estimate of drug-likeness (QED) is 0.164. The molecule has 0 bridgehead atoms. The number of carboxylic acid groups (broad SMARTS) is 1. The van der Waals surface area contributed by atoms with E-state index in [4.69, 9.17) is 0 Å². The number of benzene rings is 1. The van der Waals surface area contributed by atoms with Crippen LogP contribution in [0.3, 0.4) is 0 Å². The summed E-state index contributed by atoms with van der Waals surface area (Å²) in [6.07, 6.45) is 6.11. The lowest BCUT2D eigenvalue weighted by Crippen LogP contribution is -2.43. The second kappa shape index (κ2) is 10.5. The number of oxime groups is 1. The third kappa shape index (κ3) is 5.41. The molecule has 186 valence electrons. The number of hydrogen-bond donors (Lipinski definition) is 5. The fraction of sp³-hybridized carbons (Fsp3) is 0.217. The third-order valence-corrected chi connectivity index (χ3v) is 5.30. The number of imidazole rings is 2. The van der Waals surface area contributed by atoms with E-state index in [1.165, 1.54) is 37.3 Å². The van der Waals surface area contributed by atoms with Gasteiger partial charge < -0.3 is 35.1 Å². The molecule has 3 heterocycles. The summed E-state index contributed by atoms with van der Waals surface area (Å²) in [5, 5.41) is 19.5. The fourth-order valence-electron chi connectivity index (χ4n) is 3.72. The van der Waals surface area contributed by atoms with Crippen molar-refractivity contribution in [2.45, 2.75) is 25.9 Å². The molecule has 13 nitrogen and oxygen atoms in total. The lowest BCUT2D eigenvalue weighted by molar-refractivity contribution is -0.141. The number of para-hydroxylation sites is 1. The Morgan fingerprint density at radius 3 is 2.83 bits per heavy atom. The topological polar surface area (TPSA) is 179 Å². The third-order valence-electron chi connectivity index (χ3n) is 5.30. The van der Waals surface area contributed by atoms with Crippen molar-refractivity contribution < 1.29 is 24.3 Å². The van der Waals surface area contributed by atoms with Crippen molar-refractivity contribution in [2.75, 3.05) is 12.4 Å². The molecular formula is C23H24N8O5. The molecule has 4 aromatic rings. The van der Waals surface area contributed by atoms with Gasteiger partial charge in [0.25, 0.3) is 0 Å². The van der Waals surface area contributed by atoms with Gasteiger partial charge in [0, 0.05) is 30.4 Å². The number of anilines is 1. The van der Waals surface area contributed by atoms with Gasteiger partial charge in [-0.15, -0.1) is 0 Å². The molecule has 0 aliphatic rings. The van der Waals surface area contributed by atoms with E-state index in [0.717, 1.165) is 16.5 Å². The van der Waals surface area contributed by atoms with E-state index in [1.54, 1.807) is 6.20 Å². The summed E-state index contributed by atoms with van der Waals surface area (Å²) in [4.78, 5) is 55.8. The van der Waals surface area contributed by atoms with E-state index < -0.39 is 17.9 Å². The van der Waals surface area contributed by atoms with Crippen LogP contribution >= 0.6 is 0 Å². The largest absolute Gasteiger partial charge is 0.480 e. The van der Waals surface area contributed by atoms with Gasteiger partial charge in [-0.25, -0.2) is 14.8 Å². The van der Waals surface area contributed by atoms with Crippen LogP contribution in [0.5, 0.6) is 0 Å². The first-order chi connectivity index (χ1) is 17.4. The number of rotatable bonds is 10. The Bertz CT molecular complexity index is 1430. The van der Waals surface area contributed by atoms with Crippen LogP contribution in [0.25, 0.3) is 22.4 Å². The molecule has 0 aliphatic heterocycles. The highest BCUT2D eigenvalue weighted by atomic mass is 16.6. The van der Waals surface area contributed by atoms with Gasteiger partial charge >= 0.3 is 5.97 Å². The Labute approximate surface area is 204 Å². The molecular weight excluding hydrogens is 468 g/mol. The molecule has 1 aromatic carbocycles. The van der Waals surface area contributed by atoms with Gasteiger partial charge in [0.1, 0.15) is 31.2 Å². The summed E-state index contributed by atoms with van der Waals surface area (Å²) < 4.78 is 1.40. The normalized spacial score (nSPS) is 12.1. The summed E-state index contributed by atoms with van der Waals surface area (Å²) in [5.74, 6) is -1.55. The molecule has 1 atom stereocenters. The predicted molar refractivity (Wildman–Crippen MR) is 130 cm³/mol. The van der Waals surface area contributed by atoms with Crippen LogP contribution in [-0.2, 0) is 32.2 Å². The van der Waals surface area contributed by atoms with Crippen molar-refractivity contribution in [2.24, 2.45) is 5.16 Å². The maximum Gasteiger partial charge on any atom is 0.326 e. The molecule has 0 aliphatic carbocycles. The minimum atomic E-state index is -1.16. The van der Waals surface area contributed by atoms with Crippen molar-refractivity contribution in [1.29, 1.82) is 0 Å². The van der Waals surface area contributed by atoms with Crippen molar-refractivity contribution in [1.82, 2.24) is 29.8 Å². The van der Waals surface area contributed by atoms with Crippen molar-refractivity contribution >= 4 is 40.7 Å². The Morgan fingerprint density at radius 1 is 1.28 bits per heavy atom. The summed E-state index contributed by atoms with van der Waals surface area (Å²) in [5.41, 5.74) is 2.48. The van der Waals surface area contributed by atoms with Crippen LogP contribution in [0.2, 0.25) is 0 Å². The molecule has 0 saturated carbocycles. The second-order valence-corrected chi connectivity index (χ2v) is 7.88. The Morgan fingerprint density at radius 2 is 2.08 bits per heavy atom. The molecule has 0 saturated heterocycles. The van der Waals surface area contributed by atoms with E-state index in [0.29, 0.717) is 17.2 Å². The number of aromatic nitrogens is 5. The molecule has 13 heteroatoms. The fourth-order valence-corrected chi connectivity index (χ4v) is 3.72. The van der Waals surface area contributed by atoms with Crippen molar-refractivity contribution in [3.63, 3.8) is 0 Å². The number of amides is 2. The highest BCUT2D eigenvalue weighted by Crippen LogP contribution is 2.24. The van der Waals surface area contributed by atoms with Gasteiger partial charge in [0.2, 0.25) is 11.8 Å². The second-order valence-electron chi connectivity index (χ2n) is 7.88. The molecule has 2 amide bonds. The highest BCUT2D eigenvalue weighted by Gasteiger charge is 2.24. The van der Waals surface area contributed by atoms with Gasteiger partial charge in [-0.05, 0) is 11.6 Å². The number of carbonyl (C=O) groups is 3. The number of aromatic amines is 2. The minimum absolute atomic E-state index is 0.0943. The first kappa shape index (κ1) is 24.2. The lowest BCUT2D eigenvalue weighted by Gasteiger charge is -2.15. The Kier molecular flexibility index (Phi) is 7.09. The molecule has 0 spiro atoms. The van der Waals surface area contributed by atoms with Gasteiger partial charge in [-0.1, -0.05) is 23.4 Å². The number of carboxylic acids is 1. The van der Waals surface area contributed by atoms with Crippen LogP contribution < -0.4 is 10.6 Å². The standard InChI is InChI=1S/C23H24N8O5/c1-13(32)28-22-20(21-25-9-15(29-21)10-27-36-2)26-12-31(22)11-19(33)30-18(23(34)35)7-14-8-24-17-6-4-3-5-16(14)17/h3-6,8-10,12,18,24H,7,11H2,1-2H3,(H,25,29)(H,28,32)(H,30,33)(H,34,35)/b27-10+/t18-/m0/s1. The monoisotopic (exact) mass is 492 g/mol. The summed E-state index contributed by atoms with van der Waals surface area (Å²) in [7, 11) is 1.41. The Balaban J connectivity index is 1.52. The number of aliphatic carboxylic acids is 1. The van der Waals surface area contributed by atoms with Crippen molar-refractivity contribution in [3.8, 4) is 11.5 Å². The number of fused-ring (bicyclic) bond motifs is 1. The molecule has 5 N–H and O–H groups in total. The summed E-state index contributed by atoms with van der Waals surface area (Å²) in [6, 6.07) is 6.36. The zero-order chi connectivity index (χ0) is 25.7. The summed E-state index contributed by atoms with van der Waals surface area (Å²) >= 11 is 0. The SMILES string of the molecule is CO/N=C/c1cnc(-c2ncn(CC(=O)N[C@@H](Cc3c[nH]c4ccccc34)C(=O)O)c2NC(C)=O)[nH]1. The van der Waals surface area contributed by atoms with E-state index in [2.05, 4.69) is 40.6 Å². The lowest BCUT2D eigenvalue weighted by atomic mass is 10.0. The molecule has 0 fully saturated rings. The molecule has 0 radical (unpaired) electrons. The van der Waals surface area contributed by atoms with Crippen LogP contribution in [0.15, 0.2) is 48.1 Å². The number of hydrogen-bond acceptors (Lipinski definition) is 7.